The van der Waals surface area contributed by atoms with E-state index in [9.17, 15) is 4.79 Å². The average Bonchev–Trinajstić information content (AvgIpc) is 3.31. The molecule has 3 heterocycles. The molecule has 1 amide bonds. The Morgan fingerprint density at radius 3 is 2.72 bits per heavy atom. The molecule has 0 bridgehead atoms. The number of benzene rings is 1. The molecule has 0 radical (unpaired) electrons. The number of nitrogens with zero attached hydrogens (tertiary/aromatic N) is 2. The zero-order chi connectivity index (χ0) is 17.4. The number of carbonyl (C=O) groups is 1. The van der Waals surface area contributed by atoms with Crippen molar-refractivity contribution in [1.29, 1.82) is 0 Å². The second kappa shape index (κ2) is 6.18. The van der Waals surface area contributed by atoms with Crippen molar-refractivity contribution in [3.05, 3.63) is 59.5 Å². The minimum absolute atomic E-state index is 0.213. The maximum atomic E-state index is 12.2. The number of hydrogen-bond donors (Lipinski definition) is 1. The Bertz CT molecular complexity index is 1010. The highest BCUT2D eigenvalue weighted by Crippen LogP contribution is 2.31. The summed E-state index contributed by atoms with van der Waals surface area (Å²) in [6.45, 7) is 3.91. The van der Waals surface area contributed by atoms with Crippen LogP contribution in [0.4, 0.5) is 0 Å². The molecule has 0 atom stereocenters. The Balaban J connectivity index is 1.49. The summed E-state index contributed by atoms with van der Waals surface area (Å²) in [4.78, 5) is 21.0. The van der Waals surface area contributed by atoms with Gasteiger partial charge in [0.05, 0.1) is 22.5 Å². The first-order chi connectivity index (χ1) is 12.1. The molecule has 0 spiro atoms. The van der Waals surface area contributed by atoms with Crippen LogP contribution in [0.25, 0.3) is 21.0 Å². The van der Waals surface area contributed by atoms with E-state index in [0.29, 0.717) is 11.7 Å². The van der Waals surface area contributed by atoms with E-state index >= 15 is 0 Å². The predicted octanol–water partition coefficient (Wildman–Crippen LogP) is 4.09. The molecule has 1 aromatic carbocycles. The lowest BCUT2D eigenvalue weighted by Crippen LogP contribution is -2.22. The number of nitrogens with one attached hydrogen (secondary N) is 1. The first-order valence-corrected chi connectivity index (χ1v) is 8.58. The van der Waals surface area contributed by atoms with Crippen LogP contribution in [0, 0.1) is 13.8 Å². The molecule has 0 aliphatic carbocycles. The van der Waals surface area contributed by atoms with Gasteiger partial charge in [-0.25, -0.2) is 9.97 Å². The Labute approximate surface area is 147 Å². The molecule has 0 saturated carbocycles. The number of furan rings is 1. The topological polar surface area (TPSA) is 81.2 Å². The molecular weight excluding hydrogens is 338 g/mol. The number of hydrogen-bond acceptors (Lipinski definition) is 6. The largest absolute Gasteiger partial charge is 0.448 e. The number of aryl methyl sites for hydroxylation is 2. The van der Waals surface area contributed by atoms with Crippen LogP contribution in [-0.2, 0) is 6.54 Å². The minimum Gasteiger partial charge on any atom is -0.448 e. The van der Waals surface area contributed by atoms with Crippen molar-refractivity contribution in [2.75, 3.05) is 0 Å². The van der Waals surface area contributed by atoms with Crippen molar-refractivity contribution in [2.45, 2.75) is 20.4 Å². The van der Waals surface area contributed by atoms with Gasteiger partial charge in [0.15, 0.2) is 16.5 Å². The molecule has 126 valence electrons. The van der Waals surface area contributed by atoms with Crippen molar-refractivity contribution < 1.29 is 13.6 Å². The van der Waals surface area contributed by atoms with E-state index in [4.69, 9.17) is 8.83 Å². The number of carbonyl (C=O) groups excluding carboxylic acids is 1. The molecule has 6 nitrogen and oxygen atoms in total. The lowest BCUT2D eigenvalue weighted by molar-refractivity contribution is 0.0920. The number of amides is 1. The van der Waals surface area contributed by atoms with Crippen LogP contribution >= 0.6 is 11.3 Å². The number of rotatable bonds is 4. The van der Waals surface area contributed by atoms with Crippen LogP contribution in [0.5, 0.6) is 0 Å². The van der Waals surface area contributed by atoms with Crippen LogP contribution in [0.3, 0.4) is 0 Å². The van der Waals surface area contributed by atoms with Gasteiger partial charge in [-0.2, -0.15) is 0 Å². The van der Waals surface area contributed by atoms with Gasteiger partial charge in [0.25, 0.3) is 5.91 Å². The van der Waals surface area contributed by atoms with Crippen molar-refractivity contribution >= 4 is 27.5 Å². The molecule has 0 unspecified atom stereocenters. The predicted molar refractivity (Wildman–Crippen MR) is 94.5 cm³/mol. The molecule has 1 N–H and O–H groups in total. The summed E-state index contributed by atoms with van der Waals surface area (Å²) in [6.07, 6.45) is 0. The molecule has 0 aliphatic heterocycles. The number of fused-ring (bicyclic) bond motifs is 1. The van der Waals surface area contributed by atoms with Crippen molar-refractivity contribution in [1.82, 2.24) is 15.3 Å². The van der Waals surface area contributed by atoms with E-state index in [0.717, 1.165) is 26.7 Å². The smallest absolute Gasteiger partial charge is 0.287 e. The quantitative estimate of drug-likeness (QED) is 0.597. The summed E-state index contributed by atoms with van der Waals surface area (Å²) in [7, 11) is 0. The molecule has 7 heteroatoms. The standard InChI is InChI=1S/C18H15N3O3S/c1-10-11(2)23-16(20-10)9-19-17(22)13-7-8-14(24-13)18-21-12-5-3-4-6-15(12)25-18/h3-8H,9H2,1-2H3,(H,19,22). The molecule has 0 saturated heterocycles. The summed E-state index contributed by atoms with van der Waals surface area (Å²) >= 11 is 1.53. The van der Waals surface area contributed by atoms with E-state index in [1.165, 1.54) is 11.3 Å². The van der Waals surface area contributed by atoms with E-state index < -0.39 is 0 Å². The Kier molecular flexibility index (Phi) is 3.85. The van der Waals surface area contributed by atoms with Crippen molar-refractivity contribution in [2.24, 2.45) is 0 Å². The number of aromatic nitrogens is 2. The van der Waals surface area contributed by atoms with E-state index in [1.54, 1.807) is 12.1 Å². The van der Waals surface area contributed by atoms with Gasteiger partial charge >= 0.3 is 0 Å². The molecule has 3 aromatic heterocycles. The maximum Gasteiger partial charge on any atom is 0.287 e. The highest BCUT2D eigenvalue weighted by atomic mass is 32.1. The first-order valence-electron chi connectivity index (χ1n) is 7.77. The van der Waals surface area contributed by atoms with Crippen LogP contribution in [0.2, 0.25) is 0 Å². The van der Waals surface area contributed by atoms with Crippen LogP contribution in [-0.4, -0.2) is 15.9 Å². The molecule has 4 rings (SSSR count). The molecule has 0 aliphatic rings. The second-order valence-corrected chi connectivity index (χ2v) is 6.61. The van der Waals surface area contributed by atoms with E-state index in [1.807, 2.05) is 38.1 Å². The van der Waals surface area contributed by atoms with Gasteiger partial charge in [0.1, 0.15) is 5.76 Å². The van der Waals surface area contributed by atoms with Gasteiger partial charge in [-0.05, 0) is 38.1 Å². The van der Waals surface area contributed by atoms with Gasteiger partial charge in [-0.1, -0.05) is 12.1 Å². The third kappa shape index (κ3) is 3.06. The normalized spacial score (nSPS) is 11.1. The van der Waals surface area contributed by atoms with Gasteiger partial charge in [0.2, 0.25) is 5.89 Å². The lowest BCUT2D eigenvalue weighted by atomic mass is 10.3. The second-order valence-electron chi connectivity index (χ2n) is 5.58. The fraction of sp³-hybridized carbons (Fsp3) is 0.167. The maximum absolute atomic E-state index is 12.2. The summed E-state index contributed by atoms with van der Waals surface area (Å²) < 4.78 is 12.2. The zero-order valence-corrected chi connectivity index (χ0v) is 14.5. The average molecular weight is 353 g/mol. The Morgan fingerprint density at radius 2 is 1.96 bits per heavy atom. The SMILES string of the molecule is Cc1nc(CNC(=O)c2ccc(-c3nc4ccccc4s3)o2)oc1C. The Morgan fingerprint density at radius 1 is 1.12 bits per heavy atom. The Hall–Kier alpha value is -2.93. The molecule has 4 aromatic rings. The fourth-order valence-electron chi connectivity index (χ4n) is 2.41. The summed E-state index contributed by atoms with van der Waals surface area (Å²) in [5, 5.41) is 3.49. The highest BCUT2D eigenvalue weighted by molar-refractivity contribution is 7.21. The fourth-order valence-corrected chi connectivity index (χ4v) is 3.34. The number of oxazole rings is 1. The first kappa shape index (κ1) is 15.6. The van der Waals surface area contributed by atoms with Crippen molar-refractivity contribution in [3.8, 4) is 10.8 Å². The summed E-state index contributed by atoms with van der Waals surface area (Å²) in [6, 6.07) is 11.3. The minimum atomic E-state index is -0.319. The van der Waals surface area contributed by atoms with Gasteiger partial charge in [-0.3, -0.25) is 4.79 Å². The lowest BCUT2D eigenvalue weighted by Gasteiger charge is -1.99. The van der Waals surface area contributed by atoms with Crippen LogP contribution < -0.4 is 5.32 Å². The zero-order valence-electron chi connectivity index (χ0n) is 13.7. The van der Waals surface area contributed by atoms with E-state index in [-0.39, 0.29) is 18.2 Å². The van der Waals surface area contributed by atoms with Gasteiger partial charge in [-0.15, -0.1) is 11.3 Å². The monoisotopic (exact) mass is 353 g/mol. The summed E-state index contributed by atoms with van der Waals surface area (Å²) in [5.74, 6) is 1.71. The highest BCUT2D eigenvalue weighted by Gasteiger charge is 2.15. The van der Waals surface area contributed by atoms with Gasteiger partial charge in [0, 0.05) is 0 Å². The van der Waals surface area contributed by atoms with Gasteiger partial charge < -0.3 is 14.2 Å². The molecular formula is C18H15N3O3S. The van der Waals surface area contributed by atoms with Crippen molar-refractivity contribution in [3.63, 3.8) is 0 Å². The van der Waals surface area contributed by atoms with E-state index in [2.05, 4.69) is 15.3 Å². The van der Waals surface area contributed by atoms with Crippen LogP contribution in [0.15, 0.2) is 45.2 Å². The molecule has 25 heavy (non-hydrogen) atoms. The third-order valence-electron chi connectivity index (χ3n) is 3.81. The number of thiazole rings is 1. The molecule has 0 fully saturated rings. The summed E-state index contributed by atoms with van der Waals surface area (Å²) in [5.41, 5.74) is 1.74. The number of para-hydroxylation sites is 1. The third-order valence-corrected chi connectivity index (χ3v) is 4.86. The van der Waals surface area contributed by atoms with Crippen LogP contribution in [0.1, 0.15) is 27.9 Å².